The summed E-state index contributed by atoms with van der Waals surface area (Å²) in [6.45, 7) is 3.76. The zero-order valence-corrected chi connectivity index (χ0v) is 16.8. The number of hydrogen-bond acceptors (Lipinski definition) is 3. The van der Waals surface area contributed by atoms with Crippen LogP contribution in [0.1, 0.15) is 56.6 Å². The van der Waals surface area contributed by atoms with Gasteiger partial charge in [-0.15, -0.1) is 0 Å². The quantitative estimate of drug-likeness (QED) is 0.363. The van der Waals surface area contributed by atoms with Crippen molar-refractivity contribution in [2.75, 3.05) is 0 Å². The van der Waals surface area contributed by atoms with Gasteiger partial charge >= 0.3 is 5.97 Å². The number of unbranched alkanes of at least 4 members (excludes halogenated alkanes) is 4. The summed E-state index contributed by atoms with van der Waals surface area (Å²) in [5, 5.41) is 0. The Hall–Kier alpha value is -2.55. The molecule has 1 atom stereocenters. The molecule has 3 rings (SSSR count). The standard InChI is InChI=1S/C25H31NO2/c1-2-3-4-5-12-17-24-23(18-25(27)28-24)26(19-21-13-8-6-9-14-21)20-22-15-10-7-11-16-22/h6-11,13-16,18,24H,2-5,12,17,19-20H2,1H3. The summed E-state index contributed by atoms with van der Waals surface area (Å²) in [7, 11) is 0. The van der Waals surface area contributed by atoms with Crippen LogP contribution in [-0.4, -0.2) is 17.0 Å². The van der Waals surface area contributed by atoms with Gasteiger partial charge < -0.3 is 9.64 Å². The van der Waals surface area contributed by atoms with E-state index in [4.69, 9.17) is 4.74 Å². The molecule has 3 heteroatoms. The van der Waals surface area contributed by atoms with Gasteiger partial charge in [-0.25, -0.2) is 4.79 Å². The normalized spacial score (nSPS) is 16.0. The number of esters is 1. The monoisotopic (exact) mass is 377 g/mol. The van der Waals surface area contributed by atoms with Gasteiger partial charge in [-0.2, -0.15) is 0 Å². The van der Waals surface area contributed by atoms with Crippen molar-refractivity contribution < 1.29 is 9.53 Å². The first-order chi connectivity index (χ1) is 13.8. The summed E-state index contributed by atoms with van der Waals surface area (Å²) in [5.74, 6) is -0.209. The molecule has 0 bridgehead atoms. The molecule has 2 aromatic rings. The second-order valence-corrected chi connectivity index (χ2v) is 7.52. The van der Waals surface area contributed by atoms with Crippen LogP contribution in [-0.2, 0) is 22.6 Å². The van der Waals surface area contributed by atoms with E-state index < -0.39 is 0 Å². The number of cyclic esters (lactones) is 1. The van der Waals surface area contributed by atoms with Crippen LogP contribution in [0.4, 0.5) is 0 Å². The van der Waals surface area contributed by atoms with Crippen molar-refractivity contribution in [3.05, 3.63) is 83.6 Å². The van der Waals surface area contributed by atoms with E-state index in [2.05, 4.69) is 60.4 Å². The fourth-order valence-corrected chi connectivity index (χ4v) is 3.73. The van der Waals surface area contributed by atoms with Crippen molar-refractivity contribution in [3.63, 3.8) is 0 Å². The summed E-state index contributed by atoms with van der Waals surface area (Å²) in [6, 6.07) is 20.9. The van der Waals surface area contributed by atoms with E-state index in [0.717, 1.165) is 31.6 Å². The van der Waals surface area contributed by atoms with Crippen LogP contribution in [0.2, 0.25) is 0 Å². The zero-order valence-electron chi connectivity index (χ0n) is 16.8. The minimum Gasteiger partial charge on any atom is -0.453 e. The molecule has 0 N–H and O–H groups in total. The Labute approximate surface area is 169 Å². The van der Waals surface area contributed by atoms with Crippen LogP contribution < -0.4 is 0 Å². The second-order valence-electron chi connectivity index (χ2n) is 7.52. The Morgan fingerprint density at radius 1 is 0.821 bits per heavy atom. The van der Waals surface area contributed by atoms with Crippen LogP contribution in [0.5, 0.6) is 0 Å². The van der Waals surface area contributed by atoms with Gasteiger partial charge in [-0.05, 0) is 24.0 Å². The molecule has 1 heterocycles. The number of carbonyl (C=O) groups excluding carboxylic acids is 1. The Bertz CT molecular complexity index is 713. The first-order valence-corrected chi connectivity index (χ1v) is 10.5. The largest absolute Gasteiger partial charge is 0.453 e. The van der Waals surface area contributed by atoms with E-state index in [1.165, 1.54) is 36.8 Å². The third-order valence-corrected chi connectivity index (χ3v) is 5.22. The SMILES string of the molecule is CCCCCCCC1OC(=O)C=C1N(Cc1ccccc1)Cc1ccccc1. The number of benzene rings is 2. The topological polar surface area (TPSA) is 29.5 Å². The molecule has 2 aromatic carbocycles. The van der Waals surface area contributed by atoms with Crippen molar-refractivity contribution in [2.45, 2.75) is 64.6 Å². The van der Waals surface area contributed by atoms with Crippen LogP contribution in [0.25, 0.3) is 0 Å². The molecule has 28 heavy (non-hydrogen) atoms. The summed E-state index contributed by atoms with van der Waals surface area (Å²) in [6.07, 6.45) is 8.55. The molecule has 0 aliphatic carbocycles. The molecule has 0 saturated heterocycles. The zero-order chi connectivity index (χ0) is 19.6. The van der Waals surface area contributed by atoms with Crippen molar-refractivity contribution in [1.29, 1.82) is 0 Å². The molecule has 0 saturated carbocycles. The molecular formula is C25H31NO2. The van der Waals surface area contributed by atoms with Crippen molar-refractivity contribution in [3.8, 4) is 0 Å². The lowest BCUT2D eigenvalue weighted by molar-refractivity contribution is -0.139. The van der Waals surface area contributed by atoms with E-state index in [-0.39, 0.29) is 12.1 Å². The highest BCUT2D eigenvalue weighted by molar-refractivity contribution is 5.85. The smallest absolute Gasteiger partial charge is 0.333 e. The fraction of sp³-hybridized carbons (Fsp3) is 0.400. The highest BCUT2D eigenvalue weighted by Crippen LogP contribution is 2.27. The molecule has 0 spiro atoms. The van der Waals surface area contributed by atoms with Gasteiger partial charge in [0.2, 0.25) is 0 Å². The molecule has 0 radical (unpaired) electrons. The molecule has 0 aromatic heterocycles. The van der Waals surface area contributed by atoms with E-state index in [1.54, 1.807) is 6.08 Å². The predicted octanol–water partition coefficient (Wildman–Crippen LogP) is 5.86. The van der Waals surface area contributed by atoms with Gasteiger partial charge in [-0.1, -0.05) is 93.3 Å². The van der Waals surface area contributed by atoms with E-state index in [9.17, 15) is 4.79 Å². The summed E-state index contributed by atoms with van der Waals surface area (Å²) < 4.78 is 5.66. The van der Waals surface area contributed by atoms with Crippen molar-refractivity contribution in [2.24, 2.45) is 0 Å². The lowest BCUT2D eigenvalue weighted by Gasteiger charge is -2.29. The fourth-order valence-electron chi connectivity index (χ4n) is 3.73. The van der Waals surface area contributed by atoms with Crippen LogP contribution in [0, 0.1) is 0 Å². The second kappa shape index (κ2) is 10.7. The van der Waals surface area contributed by atoms with Gasteiger partial charge in [0.15, 0.2) is 0 Å². The van der Waals surface area contributed by atoms with E-state index in [0.29, 0.717) is 0 Å². The Morgan fingerprint density at radius 3 is 1.96 bits per heavy atom. The summed E-state index contributed by atoms with van der Waals surface area (Å²) in [4.78, 5) is 14.4. The maximum Gasteiger partial charge on any atom is 0.333 e. The molecular weight excluding hydrogens is 346 g/mol. The Kier molecular flexibility index (Phi) is 7.71. The number of ether oxygens (including phenoxy) is 1. The maximum atomic E-state index is 12.1. The molecule has 0 amide bonds. The van der Waals surface area contributed by atoms with Crippen LogP contribution >= 0.6 is 0 Å². The maximum absolute atomic E-state index is 12.1. The number of hydrogen-bond donors (Lipinski definition) is 0. The number of nitrogens with zero attached hydrogens (tertiary/aromatic N) is 1. The Balaban J connectivity index is 1.72. The number of carbonyl (C=O) groups is 1. The van der Waals surface area contributed by atoms with E-state index in [1.807, 2.05) is 12.1 Å². The van der Waals surface area contributed by atoms with Crippen molar-refractivity contribution in [1.82, 2.24) is 4.90 Å². The third kappa shape index (κ3) is 5.98. The number of rotatable bonds is 11. The van der Waals surface area contributed by atoms with Crippen LogP contribution in [0.15, 0.2) is 72.4 Å². The van der Waals surface area contributed by atoms with Gasteiger partial charge in [0.25, 0.3) is 0 Å². The lowest BCUT2D eigenvalue weighted by atomic mass is 10.0. The average Bonchev–Trinajstić information content (AvgIpc) is 3.09. The summed E-state index contributed by atoms with van der Waals surface area (Å²) in [5.41, 5.74) is 3.49. The lowest BCUT2D eigenvalue weighted by Crippen LogP contribution is -2.28. The van der Waals surface area contributed by atoms with Crippen LogP contribution in [0.3, 0.4) is 0 Å². The molecule has 1 aliphatic rings. The van der Waals surface area contributed by atoms with Gasteiger partial charge in [-0.3, -0.25) is 0 Å². The third-order valence-electron chi connectivity index (χ3n) is 5.22. The van der Waals surface area contributed by atoms with Crippen molar-refractivity contribution >= 4 is 5.97 Å². The molecule has 1 unspecified atom stereocenters. The highest BCUT2D eigenvalue weighted by Gasteiger charge is 2.30. The molecule has 148 valence electrons. The average molecular weight is 378 g/mol. The minimum atomic E-state index is -0.209. The van der Waals surface area contributed by atoms with Gasteiger partial charge in [0.1, 0.15) is 6.10 Å². The first kappa shape index (κ1) is 20.2. The van der Waals surface area contributed by atoms with Gasteiger partial charge in [0.05, 0.1) is 5.70 Å². The predicted molar refractivity (Wildman–Crippen MR) is 113 cm³/mol. The summed E-state index contributed by atoms with van der Waals surface area (Å²) >= 11 is 0. The first-order valence-electron chi connectivity index (χ1n) is 10.5. The molecule has 0 fully saturated rings. The van der Waals surface area contributed by atoms with E-state index >= 15 is 0 Å². The molecule has 1 aliphatic heterocycles. The highest BCUT2D eigenvalue weighted by atomic mass is 16.5. The van der Waals surface area contributed by atoms with Gasteiger partial charge in [0, 0.05) is 19.2 Å². The Morgan fingerprint density at radius 2 is 1.39 bits per heavy atom. The minimum absolute atomic E-state index is 0.124. The molecule has 3 nitrogen and oxygen atoms in total.